The summed E-state index contributed by atoms with van der Waals surface area (Å²) in [6.45, 7) is 2.07. The molecule has 0 saturated carbocycles. The standard InChI is InChI=1S/C17H18N2O2S/c20-17(19-7-5-16-13(11-19)6-8-22-16)18-10-14-9-12-3-1-2-4-15(12)21-14/h1-4,6,8,14H,5,7,9-11H2,(H,18,20)/t14-/m0/s1. The van der Waals surface area contributed by atoms with Crippen molar-refractivity contribution in [2.24, 2.45) is 0 Å². The summed E-state index contributed by atoms with van der Waals surface area (Å²) in [5.74, 6) is 0.947. The first-order chi connectivity index (χ1) is 10.8. The number of hydrogen-bond acceptors (Lipinski definition) is 3. The minimum atomic E-state index is 0.0106. The number of urea groups is 1. The Hall–Kier alpha value is -2.01. The fraction of sp³-hybridized carbons (Fsp3) is 0.353. The number of carbonyl (C=O) groups excluding carboxylic acids is 1. The van der Waals surface area contributed by atoms with E-state index in [1.165, 1.54) is 16.0 Å². The summed E-state index contributed by atoms with van der Waals surface area (Å²) in [5.41, 5.74) is 2.51. The third kappa shape index (κ3) is 2.57. The van der Waals surface area contributed by atoms with Gasteiger partial charge in [-0.15, -0.1) is 11.3 Å². The van der Waals surface area contributed by atoms with Gasteiger partial charge < -0.3 is 15.0 Å². The summed E-state index contributed by atoms with van der Waals surface area (Å²) < 4.78 is 5.86. The number of ether oxygens (including phenoxy) is 1. The molecule has 114 valence electrons. The van der Waals surface area contributed by atoms with Gasteiger partial charge in [0, 0.05) is 24.4 Å². The van der Waals surface area contributed by atoms with E-state index in [0.717, 1.165) is 31.7 Å². The summed E-state index contributed by atoms with van der Waals surface area (Å²) in [7, 11) is 0. The molecule has 0 spiro atoms. The molecule has 2 aliphatic rings. The Kier molecular flexibility index (Phi) is 3.50. The Morgan fingerprint density at radius 2 is 2.23 bits per heavy atom. The number of nitrogens with one attached hydrogen (secondary N) is 1. The molecule has 3 heterocycles. The van der Waals surface area contributed by atoms with Crippen molar-refractivity contribution in [3.63, 3.8) is 0 Å². The molecule has 0 fully saturated rings. The third-order valence-corrected chi connectivity index (χ3v) is 5.31. The van der Waals surface area contributed by atoms with Gasteiger partial charge >= 0.3 is 6.03 Å². The molecule has 2 amide bonds. The maximum Gasteiger partial charge on any atom is 0.317 e. The van der Waals surface area contributed by atoms with E-state index < -0.39 is 0 Å². The average molecular weight is 314 g/mol. The number of fused-ring (bicyclic) bond motifs is 2. The van der Waals surface area contributed by atoms with Gasteiger partial charge in [0.1, 0.15) is 11.9 Å². The normalized spacial score (nSPS) is 19.3. The summed E-state index contributed by atoms with van der Waals surface area (Å²) in [6.07, 6.45) is 1.87. The number of nitrogens with zero attached hydrogens (tertiary/aromatic N) is 1. The van der Waals surface area contributed by atoms with Gasteiger partial charge in [0.25, 0.3) is 0 Å². The Bertz CT molecular complexity index is 672. The molecule has 4 rings (SSSR count). The minimum absolute atomic E-state index is 0.0106. The number of rotatable bonds is 2. The van der Waals surface area contributed by atoms with Gasteiger partial charge in [0.2, 0.25) is 0 Å². The van der Waals surface area contributed by atoms with Gasteiger partial charge in [0.05, 0.1) is 6.54 Å². The number of benzene rings is 1. The molecule has 0 unspecified atom stereocenters. The van der Waals surface area contributed by atoms with E-state index in [9.17, 15) is 4.79 Å². The van der Waals surface area contributed by atoms with Crippen LogP contribution in [0.1, 0.15) is 16.0 Å². The lowest BCUT2D eigenvalue weighted by molar-refractivity contribution is 0.180. The molecule has 5 heteroatoms. The predicted molar refractivity (Wildman–Crippen MR) is 86.4 cm³/mol. The van der Waals surface area contributed by atoms with Crippen molar-refractivity contribution in [1.82, 2.24) is 10.2 Å². The highest BCUT2D eigenvalue weighted by Crippen LogP contribution is 2.28. The van der Waals surface area contributed by atoms with Crippen LogP contribution in [0.4, 0.5) is 4.79 Å². The number of thiophene rings is 1. The summed E-state index contributed by atoms with van der Waals surface area (Å²) in [5, 5.41) is 5.12. The molecule has 4 nitrogen and oxygen atoms in total. The average Bonchev–Trinajstić information content (AvgIpc) is 3.17. The topological polar surface area (TPSA) is 41.6 Å². The highest BCUT2D eigenvalue weighted by molar-refractivity contribution is 7.10. The fourth-order valence-electron chi connectivity index (χ4n) is 3.10. The van der Waals surface area contributed by atoms with Gasteiger partial charge in [-0.25, -0.2) is 4.79 Å². The predicted octanol–water partition coefficient (Wildman–Crippen LogP) is 2.82. The Labute approximate surface area is 133 Å². The molecule has 22 heavy (non-hydrogen) atoms. The van der Waals surface area contributed by atoms with E-state index in [1.54, 1.807) is 11.3 Å². The van der Waals surface area contributed by atoms with Crippen molar-refractivity contribution >= 4 is 17.4 Å². The van der Waals surface area contributed by atoms with Crippen LogP contribution in [-0.2, 0) is 19.4 Å². The van der Waals surface area contributed by atoms with Crippen molar-refractivity contribution in [3.05, 3.63) is 51.7 Å². The Morgan fingerprint density at radius 1 is 1.32 bits per heavy atom. The lowest BCUT2D eigenvalue weighted by Gasteiger charge is -2.27. The molecule has 0 saturated heterocycles. The molecule has 1 N–H and O–H groups in total. The van der Waals surface area contributed by atoms with E-state index in [0.29, 0.717) is 6.54 Å². The van der Waals surface area contributed by atoms with Crippen LogP contribution in [0, 0.1) is 0 Å². The molecule has 2 aliphatic heterocycles. The molecule has 0 aliphatic carbocycles. The van der Waals surface area contributed by atoms with Crippen molar-refractivity contribution in [1.29, 1.82) is 0 Å². The van der Waals surface area contributed by atoms with E-state index in [1.807, 2.05) is 23.1 Å². The second-order valence-electron chi connectivity index (χ2n) is 5.78. The van der Waals surface area contributed by atoms with Gasteiger partial charge in [0.15, 0.2) is 0 Å². The highest BCUT2D eigenvalue weighted by Gasteiger charge is 2.25. The highest BCUT2D eigenvalue weighted by atomic mass is 32.1. The maximum atomic E-state index is 12.3. The summed E-state index contributed by atoms with van der Waals surface area (Å²) >= 11 is 1.79. The maximum absolute atomic E-state index is 12.3. The third-order valence-electron chi connectivity index (χ3n) is 4.29. The van der Waals surface area contributed by atoms with Crippen LogP contribution in [0.15, 0.2) is 35.7 Å². The van der Waals surface area contributed by atoms with E-state index in [-0.39, 0.29) is 12.1 Å². The first-order valence-electron chi connectivity index (χ1n) is 7.62. The molecule has 1 aromatic carbocycles. The fourth-order valence-corrected chi connectivity index (χ4v) is 3.99. The van der Waals surface area contributed by atoms with Gasteiger partial charge in [-0.1, -0.05) is 18.2 Å². The SMILES string of the molecule is O=C(NC[C@@H]1Cc2ccccc2O1)N1CCc2sccc2C1. The summed E-state index contributed by atoms with van der Waals surface area (Å²) in [4.78, 5) is 15.6. The first kappa shape index (κ1) is 13.6. The Balaban J connectivity index is 1.31. The van der Waals surface area contributed by atoms with Crippen LogP contribution in [-0.4, -0.2) is 30.1 Å². The zero-order chi connectivity index (χ0) is 14.9. The first-order valence-corrected chi connectivity index (χ1v) is 8.50. The molecule has 1 atom stereocenters. The van der Waals surface area contributed by atoms with Crippen molar-refractivity contribution in [2.45, 2.75) is 25.5 Å². The summed E-state index contributed by atoms with van der Waals surface area (Å²) in [6, 6.07) is 10.2. The largest absolute Gasteiger partial charge is 0.488 e. The van der Waals surface area contributed by atoms with E-state index in [2.05, 4.69) is 22.8 Å². The van der Waals surface area contributed by atoms with E-state index in [4.69, 9.17) is 4.74 Å². The number of amides is 2. The molecular formula is C17H18N2O2S. The van der Waals surface area contributed by atoms with Gasteiger partial charge in [-0.05, 0) is 35.1 Å². The number of hydrogen-bond donors (Lipinski definition) is 1. The molecule has 0 radical (unpaired) electrons. The van der Waals surface area contributed by atoms with Crippen LogP contribution in [0.2, 0.25) is 0 Å². The lowest BCUT2D eigenvalue weighted by atomic mass is 10.1. The quantitative estimate of drug-likeness (QED) is 0.926. The van der Waals surface area contributed by atoms with E-state index >= 15 is 0 Å². The molecular weight excluding hydrogens is 296 g/mol. The van der Waals surface area contributed by atoms with Crippen LogP contribution in [0.25, 0.3) is 0 Å². The molecule has 2 aromatic rings. The van der Waals surface area contributed by atoms with Crippen LogP contribution < -0.4 is 10.1 Å². The lowest BCUT2D eigenvalue weighted by Crippen LogP contribution is -2.45. The molecule has 0 bridgehead atoms. The van der Waals surface area contributed by atoms with Crippen molar-refractivity contribution in [2.75, 3.05) is 13.1 Å². The smallest absolute Gasteiger partial charge is 0.317 e. The zero-order valence-electron chi connectivity index (χ0n) is 12.2. The van der Waals surface area contributed by atoms with Crippen molar-refractivity contribution < 1.29 is 9.53 Å². The van der Waals surface area contributed by atoms with Crippen LogP contribution in [0.5, 0.6) is 5.75 Å². The number of para-hydroxylation sites is 1. The van der Waals surface area contributed by atoms with Crippen molar-refractivity contribution in [3.8, 4) is 5.75 Å². The zero-order valence-corrected chi connectivity index (χ0v) is 13.1. The van der Waals surface area contributed by atoms with Crippen LogP contribution >= 0.6 is 11.3 Å². The Morgan fingerprint density at radius 3 is 3.14 bits per heavy atom. The second-order valence-corrected chi connectivity index (χ2v) is 6.78. The minimum Gasteiger partial charge on any atom is -0.488 e. The van der Waals surface area contributed by atoms with Crippen LogP contribution in [0.3, 0.4) is 0 Å². The second kappa shape index (κ2) is 5.65. The monoisotopic (exact) mass is 314 g/mol. The molecule has 1 aromatic heterocycles. The number of carbonyl (C=O) groups is 1. The van der Waals surface area contributed by atoms with Gasteiger partial charge in [-0.3, -0.25) is 0 Å². The van der Waals surface area contributed by atoms with Gasteiger partial charge in [-0.2, -0.15) is 0 Å².